The van der Waals surface area contributed by atoms with Crippen LogP contribution >= 0.6 is 12.2 Å². The fraction of sp³-hybridized carbons (Fsp3) is 0.294. The van der Waals surface area contributed by atoms with E-state index in [1.807, 2.05) is 25.1 Å². The topological polar surface area (TPSA) is 59.8 Å². The van der Waals surface area contributed by atoms with E-state index in [9.17, 15) is 0 Å². The summed E-state index contributed by atoms with van der Waals surface area (Å²) in [4.78, 5) is 0. The predicted octanol–water partition coefficient (Wildman–Crippen LogP) is 2.64. The fourth-order valence-corrected chi connectivity index (χ4v) is 2.90. The molecule has 2 N–H and O–H groups in total. The number of nitrogens with zero attached hydrogens (tertiary/aromatic N) is 2. The van der Waals surface area contributed by atoms with E-state index in [2.05, 4.69) is 40.3 Å². The van der Waals surface area contributed by atoms with Gasteiger partial charge in [-0.15, -0.1) is 0 Å². The maximum absolute atomic E-state index is 5.47. The average molecular weight is 344 g/mol. The van der Waals surface area contributed by atoms with E-state index in [0.29, 0.717) is 5.11 Å². The lowest BCUT2D eigenvalue weighted by atomic mass is 10.2. The Hall–Kier alpha value is -2.54. The molecule has 0 saturated heterocycles. The molecule has 0 aliphatic carbocycles. The van der Waals surface area contributed by atoms with Crippen LogP contribution in [-0.4, -0.2) is 29.2 Å². The van der Waals surface area contributed by atoms with Crippen LogP contribution in [0.2, 0.25) is 0 Å². The van der Waals surface area contributed by atoms with Crippen LogP contribution < -0.4 is 20.2 Å². The van der Waals surface area contributed by atoms with Crippen molar-refractivity contribution in [3.8, 4) is 17.2 Å². The average Bonchev–Trinajstić information content (AvgIpc) is 3.12. The number of rotatable bonds is 4. The molecule has 1 aromatic carbocycles. The third kappa shape index (κ3) is 3.21. The maximum Gasteiger partial charge on any atom is 0.231 e. The first-order chi connectivity index (χ1) is 11.6. The Balaban J connectivity index is 1.84. The number of hydrogen-bond acceptors (Lipinski definition) is 4. The van der Waals surface area contributed by atoms with Crippen LogP contribution in [0.15, 0.2) is 29.4 Å². The van der Waals surface area contributed by atoms with E-state index < -0.39 is 0 Å². The Labute approximate surface area is 146 Å². The minimum Gasteiger partial charge on any atom is -0.454 e. The Bertz CT molecular complexity index is 798. The molecule has 1 aromatic heterocycles. The first-order valence-electron chi connectivity index (χ1n) is 7.76. The lowest BCUT2D eigenvalue weighted by molar-refractivity contribution is 0.174. The van der Waals surface area contributed by atoms with E-state index in [-0.39, 0.29) is 6.79 Å². The number of ether oxygens (including phenoxy) is 2. The van der Waals surface area contributed by atoms with Crippen molar-refractivity contribution in [2.45, 2.75) is 20.8 Å². The Morgan fingerprint density at radius 1 is 1.29 bits per heavy atom. The van der Waals surface area contributed by atoms with Crippen molar-refractivity contribution in [1.82, 2.24) is 15.3 Å². The second kappa shape index (κ2) is 6.92. The third-order valence-electron chi connectivity index (χ3n) is 3.79. The summed E-state index contributed by atoms with van der Waals surface area (Å²) in [6.45, 7) is 7.14. The zero-order chi connectivity index (χ0) is 17.1. The molecule has 1 aliphatic heterocycles. The molecule has 2 aromatic rings. The third-order valence-corrected chi connectivity index (χ3v) is 4.03. The summed E-state index contributed by atoms with van der Waals surface area (Å²) in [5.74, 6) is 1.55. The Morgan fingerprint density at radius 2 is 2.08 bits per heavy atom. The normalized spacial score (nSPS) is 12.6. The van der Waals surface area contributed by atoms with Crippen LogP contribution in [0.3, 0.4) is 0 Å². The minimum absolute atomic E-state index is 0.276. The van der Waals surface area contributed by atoms with E-state index in [4.69, 9.17) is 21.7 Å². The number of nitrogens with one attached hydrogen (secondary N) is 2. The number of fused-ring (bicyclic) bond motifs is 1. The van der Waals surface area contributed by atoms with Crippen molar-refractivity contribution < 1.29 is 9.47 Å². The Morgan fingerprint density at radius 3 is 2.88 bits per heavy atom. The molecular formula is C17H20N4O2S. The van der Waals surface area contributed by atoms with Crippen molar-refractivity contribution in [3.05, 3.63) is 41.2 Å². The SMILES string of the molecule is CCNC(=S)N/N=C\c1cc(C)n(-c2ccc3c(c2)OCO3)c1C. The first kappa shape index (κ1) is 16.3. The van der Waals surface area contributed by atoms with Crippen LogP contribution in [0.5, 0.6) is 11.5 Å². The van der Waals surface area contributed by atoms with Gasteiger partial charge in [-0.25, -0.2) is 0 Å². The van der Waals surface area contributed by atoms with Crippen molar-refractivity contribution in [2.24, 2.45) is 5.10 Å². The van der Waals surface area contributed by atoms with Gasteiger partial charge in [-0.3, -0.25) is 5.43 Å². The molecule has 0 fully saturated rings. The molecule has 0 unspecified atom stereocenters. The van der Waals surface area contributed by atoms with Gasteiger partial charge < -0.3 is 19.4 Å². The summed E-state index contributed by atoms with van der Waals surface area (Å²) in [7, 11) is 0. The van der Waals surface area contributed by atoms with Crippen LogP contribution in [0.25, 0.3) is 5.69 Å². The van der Waals surface area contributed by atoms with Gasteiger partial charge in [0.15, 0.2) is 16.6 Å². The van der Waals surface area contributed by atoms with Gasteiger partial charge in [-0.1, -0.05) is 0 Å². The number of hydrogen-bond donors (Lipinski definition) is 2. The molecule has 0 amide bonds. The van der Waals surface area contributed by atoms with Crippen molar-refractivity contribution in [2.75, 3.05) is 13.3 Å². The largest absolute Gasteiger partial charge is 0.454 e. The molecule has 24 heavy (non-hydrogen) atoms. The second-order valence-electron chi connectivity index (χ2n) is 5.43. The molecule has 2 heterocycles. The second-order valence-corrected chi connectivity index (χ2v) is 5.84. The molecule has 7 heteroatoms. The van der Waals surface area contributed by atoms with Crippen molar-refractivity contribution >= 4 is 23.5 Å². The molecule has 0 radical (unpaired) electrons. The zero-order valence-corrected chi connectivity index (χ0v) is 14.7. The highest BCUT2D eigenvalue weighted by Gasteiger charge is 2.16. The van der Waals surface area contributed by atoms with Crippen molar-refractivity contribution in [3.63, 3.8) is 0 Å². The molecule has 6 nitrogen and oxygen atoms in total. The number of hydrazone groups is 1. The van der Waals surface area contributed by atoms with Crippen LogP contribution in [0.4, 0.5) is 0 Å². The summed E-state index contributed by atoms with van der Waals surface area (Å²) >= 11 is 5.09. The highest BCUT2D eigenvalue weighted by molar-refractivity contribution is 7.80. The number of benzene rings is 1. The number of aromatic nitrogens is 1. The lowest BCUT2D eigenvalue weighted by Crippen LogP contribution is -2.31. The number of aryl methyl sites for hydroxylation is 1. The highest BCUT2D eigenvalue weighted by atomic mass is 32.1. The summed E-state index contributed by atoms with van der Waals surface area (Å²) in [6, 6.07) is 8.02. The summed E-state index contributed by atoms with van der Waals surface area (Å²) in [5.41, 5.74) is 7.07. The smallest absolute Gasteiger partial charge is 0.231 e. The van der Waals surface area contributed by atoms with Gasteiger partial charge in [0.1, 0.15) is 0 Å². The molecule has 1 aliphatic rings. The van der Waals surface area contributed by atoms with Gasteiger partial charge in [0.2, 0.25) is 6.79 Å². The van der Waals surface area contributed by atoms with Gasteiger partial charge in [0.25, 0.3) is 0 Å². The van der Waals surface area contributed by atoms with Gasteiger partial charge >= 0.3 is 0 Å². The van der Waals surface area contributed by atoms with Crippen LogP contribution in [-0.2, 0) is 0 Å². The van der Waals surface area contributed by atoms with Gasteiger partial charge in [0, 0.05) is 35.2 Å². The molecule has 0 spiro atoms. The van der Waals surface area contributed by atoms with Crippen LogP contribution in [0.1, 0.15) is 23.9 Å². The lowest BCUT2D eigenvalue weighted by Gasteiger charge is -2.10. The Kier molecular flexibility index (Phi) is 4.71. The van der Waals surface area contributed by atoms with E-state index in [0.717, 1.165) is 40.7 Å². The molecule has 126 valence electrons. The predicted molar refractivity (Wildman–Crippen MR) is 98.4 cm³/mol. The highest BCUT2D eigenvalue weighted by Crippen LogP contribution is 2.34. The number of thiocarbonyl (C=S) groups is 1. The summed E-state index contributed by atoms with van der Waals surface area (Å²) in [5, 5.41) is 7.69. The summed E-state index contributed by atoms with van der Waals surface area (Å²) < 4.78 is 13.0. The molecule has 0 atom stereocenters. The molecular weight excluding hydrogens is 324 g/mol. The fourth-order valence-electron chi connectivity index (χ4n) is 2.70. The molecule has 3 rings (SSSR count). The van der Waals surface area contributed by atoms with Crippen LogP contribution in [0, 0.1) is 13.8 Å². The van der Waals surface area contributed by atoms with Gasteiger partial charge in [-0.2, -0.15) is 5.10 Å². The quantitative estimate of drug-likeness (QED) is 0.507. The van der Waals surface area contributed by atoms with Gasteiger partial charge in [0.05, 0.1) is 6.21 Å². The van der Waals surface area contributed by atoms with E-state index in [1.165, 1.54) is 0 Å². The monoisotopic (exact) mass is 344 g/mol. The zero-order valence-electron chi connectivity index (χ0n) is 13.9. The maximum atomic E-state index is 5.47. The van der Waals surface area contributed by atoms with E-state index >= 15 is 0 Å². The molecule has 0 saturated carbocycles. The van der Waals surface area contributed by atoms with Crippen molar-refractivity contribution in [1.29, 1.82) is 0 Å². The van der Waals surface area contributed by atoms with E-state index in [1.54, 1.807) is 6.21 Å². The minimum atomic E-state index is 0.276. The standard InChI is InChI=1S/C17H20N4O2S/c1-4-18-17(24)20-19-9-13-7-11(2)21(12(13)3)14-5-6-15-16(8-14)23-10-22-15/h5-9H,4,10H2,1-3H3,(H2,18,20,24)/b19-9-. The van der Waals surface area contributed by atoms with Gasteiger partial charge in [-0.05, 0) is 51.2 Å². The molecule has 0 bridgehead atoms. The first-order valence-corrected chi connectivity index (χ1v) is 8.17. The summed E-state index contributed by atoms with van der Waals surface area (Å²) in [6.07, 6.45) is 1.77.